The lowest BCUT2D eigenvalue weighted by molar-refractivity contribution is 0.531. The van der Waals surface area contributed by atoms with Gasteiger partial charge in [0.1, 0.15) is 17.5 Å². The first-order chi connectivity index (χ1) is 9.60. The molecular formula is C14H13F3N2S. The van der Waals surface area contributed by atoms with Crippen molar-refractivity contribution in [2.75, 3.05) is 5.75 Å². The lowest BCUT2D eigenvalue weighted by atomic mass is 10.1. The quantitative estimate of drug-likeness (QED) is 0.505. The first-order valence-corrected chi connectivity index (χ1v) is 6.88. The summed E-state index contributed by atoms with van der Waals surface area (Å²) in [6, 6.07) is 8.93. The van der Waals surface area contributed by atoms with Crippen LogP contribution in [0, 0.1) is 17.5 Å². The lowest BCUT2D eigenvalue weighted by Gasteiger charge is -2.16. The summed E-state index contributed by atoms with van der Waals surface area (Å²) in [5.41, 5.74) is 2.76. The third-order valence-corrected chi connectivity index (χ3v) is 3.84. The third kappa shape index (κ3) is 3.75. The summed E-state index contributed by atoms with van der Waals surface area (Å²) >= 11 is 1.33. The van der Waals surface area contributed by atoms with E-state index in [1.807, 2.05) is 0 Å². The van der Waals surface area contributed by atoms with E-state index in [-0.39, 0.29) is 11.4 Å². The number of nitrogens with one attached hydrogen (secondary N) is 1. The maximum Gasteiger partial charge on any atom is 0.130 e. The SMILES string of the molecule is NNC(CSc1cccc(F)c1)c1ccc(F)cc1F. The number of benzene rings is 2. The van der Waals surface area contributed by atoms with Crippen molar-refractivity contribution in [3.8, 4) is 0 Å². The van der Waals surface area contributed by atoms with Gasteiger partial charge in [0.25, 0.3) is 0 Å². The van der Waals surface area contributed by atoms with Crippen LogP contribution >= 0.6 is 11.8 Å². The fourth-order valence-electron chi connectivity index (χ4n) is 1.75. The van der Waals surface area contributed by atoms with Gasteiger partial charge in [0, 0.05) is 22.3 Å². The molecule has 3 N–H and O–H groups in total. The lowest BCUT2D eigenvalue weighted by Crippen LogP contribution is -2.30. The molecule has 0 fully saturated rings. The highest BCUT2D eigenvalue weighted by molar-refractivity contribution is 7.99. The molecule has 0 aliphatic heterocycles. The smallest absolute Gasteiger partial charge is 0.130 e. The van der Waals surface area contributed by atoms with Gasteiger partial charge < -0.3 is 0 Å². The van der Waals surface area contributed by atoms with Gasteiger partial charge in [0.2, 0.25) is 0 Å². The molecule has 0 spiro atoms. The number of hydrogen-bond acceptors (Lipinski definition) is 3. The van der Waals surface area contributed by atoms with Crippen molar-refractivity contribution in [3.63, 3.8) is 0 Å². The van der Waals surface area contributed by atoms with Crippen molar-refractivity contribution in [3.05, 3.63) is 65.5 Å². The maximum absolute atomic E-state index is 13.7. The first kappa shape index (κ1) is 14.9. The highest BCUT2D eigenvalue weighted by atomic mass is 32.2. The average Bonchev–Trinajstić information content (AvgIpc) is 2.41. The highest BCUT2D eigenvalue weighted by Crippen LogP contribution is 2.26. The Balaban J connectivity index is 2.09. The zero-order valence-electron chi connectivity index (χ0n) is 10.4. The van der Waals surface area contributed by atoms with Crippen LogP contribution in [0.1, 0.15) is 11.6 Å². The van der Waals surface area contributed by atoms with E-state index >= 15 is 0 Å². The highest BCUT2D eigenvalue weighted by Gasteiger charge is 2.15. The molecule has 6 heteroatoms. The Hall–Kier alpha value is -1.50. The van der Waals surface area contributed by atoms with E-state index in [4.69, 9.17) is 5.84 Å². The monoisotopic (exact) mass is 298 g/mol. The topological polar surface area (TPSA) is 38.0 Å². The Bertz CT molecular complexity index is 592. The van der Waals surface area contributed by atoms with E-state index in [0.29, 0.717) is 10.6 Å². The van der Waals surface area contributed by atoms with Crippen LogP contribution in [0.4, 0.5) is 13.2 Å². The second kappa shape index (κ2) is 6.78. The van der Waals surface area contributed by atoms with E-state index in [0.717, 1.165) is 6.07 Å². The van der Waals surface area contributed by atoms with Crippen molar-refractivity contribution < 1.29 is 13.2 Å². The zero-order valence-corrected chi connectivity index (χ0v) is 11.3. The van der Waals surface area contributed by atoms with Crippen LogP contribution in [0.2, 0.25) is 0 Å². The zero-order chi connectivity index (χ0) is 14.5. The number of rotatable bonds is 5. The fourth-order valence-corrected chi connectivity index (χ4v) is 2.75. The molecule has 2 nitrogen and oxygen atoms in total. The second-order valence-electron chi connectivity index (χ2n) is 4.15. The van der Waals surface area contributed by atoms with Gasteiger partial charge in [-0.1, -0.05) is 12.1 Å². The normalized spacial score (nSPS) is 12.4. The molecule has 2 aromatic rings. The van der Waals surface area contributed by atoms with E-state index in [2.05, 4.69) is 5.43 Å². The minimum atomic E-state index is -0.659. The van der Waals surface area contributed by atoms with E-state index in [1.165, 1.54) is 36.0 Å². The minimum Gasteiger partial charge on any atom is -0.271 e. The Morgan fingerprint density at radius 2 is 1.80 bits per heavy atom. The van der Waals surface area contributed by atoms with Crippen LogP contribution in [0.5, 0.6) is 0 Å². The van der Waals surface area contributed by atoms with Crippen molar-refractivity contribution >= 4 is 11.8 Å². The number of hydrogen-bond donors (Lipinski definition) is 2. The van der Waals surface area contributed by atoms with Gasteiger partial charge in [-0.15, -0.1) is 11.8 Å². The first-order valence-electron chi connectivity index (χ1n) is 5.89. The van der Waals surface area contributed by atoms with Crippen molar-refractivity contribution in [2.45, 2.75) is 10.9 Å². The van der Waals surface area contributed by atoms with Crippen LogP contribution < -0.4 is 11.3 Å². The number of thioether (sulfide) groups is 1. The molecule has 0 heterocycles. The summed E-state index contributed by atoms with van der Waals surface area (Å²) in [6.45, 7) is 0. The average molecular weight is 298 g/mol. The van der Waals surface area contributed by atoms with Gasteiger partial charge in [0.15, 0.2) is 0 Å². The molecule has 0 saturated heterocycles. The molecule has 20 heavy (non-hydrogen) atoms. The molecule has 1 unspecified atom stereocenters. The van der Waals surface area contributed by atoms with Gasteiger partial charge in [-0.2, -0.15) is 0 Å². The van der Waals surface area contributed by atoms with E-state index < -0.39 is 17.7 Å². The Labute approximate surface area is 119 Å². The predicted molar refractivity (Wildman–Crippen MR) is 73.5 cm³/mol. The Morgan fingerprint density at radius 1 is 1.05 bits per heavy atom. The summed E-state index contributed by atoms with van der Waals surface area (Å²) in [6.07, 6.45) is 0. The van der Waals surface area contributed by atoms with E-state index in [9.17, 15) is 13.2 Å². The molecule has 0 bridgehead atoms. The van der Waals surface area contributed by atoms with Crippen LogP contribution in [0.3, 0.4) is 0 Å². The van der Waals surface area contributed by atoms with Crippen LogP contribution in [0.25, 0.3) is 0 Å². The third-order valence-electron chi connectivity index (χ3n) is 2.75. The summed E-state index contributed by atoms with van der Waals surface area (Å²) in [7, 11) is 0. The summed E-state index contributed by atoms with van der Waals surface area (Å²) in [5.74, 6) is 4.17. The van der Waals surface area contributed by atoms with Crippen LogP contribution in [-0.4, -0.2) is 5.75 Å². The van der Waals surface area contributed by atoms with E-state index in [1.54, 1.807) is 12.1 Å². The summed E-state index contributed by atoms with van der Waals surface area (Å²) < 4.78 is 39.6. The molecule has 0 aliphatic rings. The Kier molecular flexibility index (Phi) is 5.05. The molecule has 0 saturated carbocycles. The number of nitrogens with two attached hydrogens (primary N) is 1. The molecule has 0 aliphatic carbocycles. The molecule has 106 valence electrons. The van der Waals surface area contributed by atoms with Crippen molar-refractivity contribution in [2.24, 2.45) is 5.84 Å². The van der Waals surface area contributed by atoms with Crippen LogP contribution in [-0.2, 0) is 0 Å². The Morgan fingerprint density at radius 3 is 2.45 bits per heavy atom. The minimum absolute atomic E-state index is 0.276. The van der Waals surface area contributed by atoms with Gasteiger partial charge in [-0.3, -0.25) is 11.3 Å². The molecule has 1 atom stereocenters. The molecule has 0 radical (unpaired) electrons. The molecule has 2 aromatic carbocycles. The molecule has 0 amide bonds. The molecular weight excluding hydrogens is 285 g/mol. The van der Waals surface area contributed by atoms with Crippen LogP contribution in [0.15, 0.2) is 47.4 Å². The molecule has 2 rings (SSSR count). The number of hydrazine groups is 1. The predicted octanol–water partition coefficient (Wildman–Crippen LogP) is 3.40. The second-order valence-corrected chi connectivity index (χ2v) is 5.25. The summed E-state index contributed by atoms with van der Waals surface area (Å²) in [5, 5.41) is 0. The van der Waals surface area contributed by atoms with Gasteiger partial charge in [0.05, 0.1) is 6.04 Å². The standard InChI is InChI=1S/C14H13F3N2S/c15-9-2-1-3-11(6-9)20-8-14(19-18)12-5-4-10(16)7-13(12)17/h1-7,14,19H,8,18H2. The van der Waals surface area contributed by atoms with Crippen molar-refractivity contribution in [1.29, 1.82) is 0 Å². The van der Waals surface area contributed by atoms with Gasteiger partial charge in [-0.05, 0) is 24.3 Å². The van der Waals surface area contributed by atoms with Crippen molar-refractivity contribution in [1.82, 2.24) is 5.43 Å². The largest absolute Gasteiger partial charge is 0.271 e. The molecule has 0 aromatic heterocycles. The number of halogens is 3. The maximum atomic E-state index is 13.7. The van der Waals surface area contributed by atoms with Gasteiger partial charge in [-0.25, -0.2) is 13.2 Å². The van der Waals surface area contributed by atoms with Gasteiger partial charge >= 0.3 is 0 Å². The summed E-state index contributed by atoms with van der Waals surface area (Å²) in [4.78, 5) is 0.716. The fraction of sp³-hybridized carbons (Fsp3) is 0.143.